The molecule has 1 aliphatic rings. The summed E-state index contributed by atoms with van der Waals surface area (Å²) >= 11 is 6.07. The second-order valence-electron chi connectivity index (χ2n) is 6.60. The van der Waals surface area contributed by atoms with Gasteiger partial charge in [0.25, 0.3) is 0 Å². The van der Waals surface area contributed by atoms with E-state index in [2.05, 4.69) is 4.98 Å². The van der Waals surface area contributed by atoms with E-state index in [1.54, 1.807) is 12.3 Å². The van der Waals surface area contributed by atoms with Crippen molar-refractivity contribution in [3.63, 3.8) is 0 Å². The summed E-state index contributed by atoms with van der Waals surface area (Å²) in [6, 6.07) is 3.69. The maximum absolute atomic E-state index is 11.6. The molecule has 1 aromatic heterocycles. The normalized spacial score (nSPS) is 17.3. The second kappa shape index (κ2) is 7.31. The summed E-state index contributed by atoms with van der Waals surface area (Å²) in [5.74, 6) is 0.692. The Labute approximate surface area is 158 Å². The van der Waals surface area contributed by atoms with Crippen LogP contribution in [0.3, 0.4) is 0 Å². The zero-order valence-electron chi connectivity index (χ0n) is 15.1. The van der Waals surface area contributed by atoms with Crippen molar-refractivity contribution in [1.82, 2.24) is 9.29 Å². The number of halogens is 1. The van der Waals surface area contributed by atoms with Crippen molar-refractivity contribution in [2.75, 3.05) is 19.3 Å². The number of aryl methyl sites for hydroxylation is 1. The van der Waals surface area contributed by atoms with Crippen LogP contribution in [0.1, 0.15) is 37.5 Å². The Kier molecular flexibility index (Phi) is 5.44. The van der Waals surface area contributed by atoms with Gasteiger partial charge in [0, 0.05) is 11.6 Å². The first-order valence-corrected chi connectivity index (χ1v) is 10.9. The lowest BCUT2D eigenvalue weighted by Gasteiger charge is -2.37. The molecule has 1 aromatic carbocycles. The molecule has 6 nitrogen and oxygen atoms in total. The standard InChI is InChI=1S/C18H23ClN2O4S/c1-4-11-6-14(16(22)5-2)13-7-17(19)20-8-15(13)18(11)25-12-9-21(10-12)26(3,23)24/h6-8,12,16,22H,4-5,9-10H2,1-3H3/t16-/m0/s1. The molecule has 1 atom stereocenters. The Morgan fingerprint density at radius 1 is 1.35 bits per heavy atom. The van der Waals surface area contributed by atoms with Gasteiger partial charge in [0.05, 0.1) is 25.4 Å². The number of nitrogens with zero attached hydrogens (tertiary/aromatic N) is 2. The monoisotopic (exact) mass is 398 g/mol. The van der Waals surface area contributed by atoms with Crippen LogP contribution >= 0.6 is 11.6 Å². The first-order valence-electron chi connectivity index (χ1n) is 8.65. The lowest BCUT2D eigenvalue weighted by atomic mass is 9.95. The number of hydrogen-bond acceptors (Lipinski definition) is 5. The number of aliphatic hydroxyl groups is 1. The fraction of sp³-hybridized carbons (Fsp3) is 0.500. The zero-order valence-corrected chi connectivity index (χ0v) is 16.6. The van der Waals surface area contributed by atoms with E-state index < -0.39 is 16.1 Å². The fourth-order valence-corrected chi connectivity index (χ4v) is 4.20. The van der Waals surface area contributed by atoms with Crippen molar-refractivity contribution in [3.05, 3.63) is 34.6 Å². The molecule has 2 aromatic rings. The minimum Gasteiger partial charge on any atom is -0.487 e. The van der Waals surface area contributed by atoms with Gasteiger partial charge in [0.1, 0.15) is 17.0 Å². The van der Waals surface area contributed by atoms with Gasteiger partial charge in [-0.1, -0.05) is 25.4 Å². The Hall–Kier alpha value is -1.41. The quantitative estimate of drug-likeness (QED) is 0.757. The summed E-state index contributed by atoms with van der Waals surface area (Å²) in [6.45, 7) is 4.61. The van der Waals surface area contributed by atoms with E-state index >= 15 is 0 Å². The summed E-state index contributed by atoms with van der Waals surface area (Å²) in [6.07, 6.45) is 3.37. The second-order valence-corrected chi connectivity index (χ2v) is 8.97. The predicted molar refractivity (Wildman–Crippen MR) is 102 cm³/mol. The molecule has 26 heavy (non-hydrogen) atoms. The largest absolute Gasteiger partial charge is 0.487 e. The fourth-order valence-electron chi connectivity index (χ4n) is 3.16. The number of ether oxygens (including phenoxy) is 1. The van der Waals surface area contributed by atoms with E-state index in [-0.39, 0.29) is 6.10 Å². The lowest BCUT2D eigenvalue weighted by Crippen LogP contribution is -2.55. The molecule has 142 valence electrons. The van der Waals surface area contributed by atoms with Gasteiger partial charge >= 0.3 is 0 Å². The van der Waals surface area contributed by atoms with Crippen LogP contribution in [0.5, 0.6) is 5.75 Å². The number of pyridine rings is 1. The van der Waals surface area contributed by atoms with E-state index in [4.69, 9.17) is 16.3 Å². The van der Waals surface area contributed by atoms with Crippen LogP contribution in [0.4, 0.5) is 0 Å². The number of hydrogen-bond donors (Lipinski definition) is 1. The number of sulfonamides is 1. The Morgan fingerprint density at radius 3 is 2.62 bits per heavy atom. The highest BCUT2D eigenvalue weighted by molar-refractivity contribution is 7.88. The molecular formula is C18H23ClN2O4S. The van der Waals surface area contributed by atoms with Gasteiger partial charge in [-0.25, -0.2) is 13.4 Å². The minimum absolute atomic E-state index is 0.198. The topological polar surface area (TPSA) is 79.7 Å². The third-order valence-corrected chi connectivity index (χ3v) is 6.19. The van der Waals surface area contributed by atoms with Gasteiger partial charge in [-0.05, 0) is 41.5 Å². The highest BCUT2D eigenvalue weighted by Gasteiger charge is 2.35. The van der Waals surface area contributed by atoms with Gasteiger partial charge in [-0.2, -0.15) is 4.31 Å². The molecule has 0 aliphatic carbocycles. The average molecular weight is 399 g/mol. The highest BCUT2D eigenvalue weighted by atomic mass is 35.5. The van der Waals surface area contributed by atoms with Gasteiger partial charge in [0.15, 0.2) is 0 Å². The molecule has 8 heteroatoms. The summed E-state index contributed by atoms with van der Waals surface area (Å²) in [5, 5.41) is 12.4. The molecule has 3 rings (SSSR count). The summed E-state index contributed by atoms with van der Waals surface area (Å²) in [4.78, 5) is 4.17. The molecule has 2 heterocycles. The van der Waals surface area contributed by atoms with Crippen molar-refractivity contribution in [3.8, 4) is 5.75 Å². The Balaban J connectivity index is 2.02. The highest BCUT2D eigenvalue weighted by Crippen LogP contribution is 2.38. The van der Waals surface area contributed by atoms with Crippen LogP contribution in [0.25, 0.3) is 10.8 Å². The van der Waals surface area contributed by atoms with Crippen molar-refractivity contribution < 1.29 is 18.3 Å². The minimum atomic E-state index is -3.19. The molecule has 1 N–H and O–H groups in total. The smallest absolute Gasteiger partial charge is 0.211 e. The molecule has 0 spiro atoms. The third kappa shape index (κ3) is 3.67. The van der Waals surface area contributed by atoms with Crippen molar-refractivity contribution in [2.45, 2.75) is 38.9 Å². The van der Waals surface area contributed by atoms with Crippen LogP contribution in [-0.4, -0.2) is 48.3 Å². The predicted octanol–water partition coefficient (Wildman–Crippen LogP) is 2.92. The molecule has 1 saturated heterocycles. The summed E-state index contributed by atoms with van der Waals surface area (Å²) in [7, 11) is -3.19. The Morgan fingerprint density at radius 2 is 2.04 bits per heavy atom. The maximum atomic E-state index is 11.6. The average Bonchev–Trinajstić information content (AvgIpc) is 2.55. The number of fused-ring (bicyclic) bond motifs is 1. The first-order chi connectivity index (χ1) is 12.2. The van der Waals surface area contributed by atoms with E-state index in [1.807, 2.05) is 19.9 Å². The molecule has 0 bridgehead atoms. The molecular weight excluding hydrogens is 376 g/mol. The Bertz CT molecular complexity index is 926. The third-order valence-electron chi connectivity index (χ3n) is 4.74. The maximum Gasteiger partial charge on any atom is 0.211 e. The van der Waals surface area contributed by atoms with Crippen molar-refractivity contribution in [1.29, 1.82) is 0 Å². The zero-order chi connectivity index (χ0) is 19.1. The summed E-state index contributed by atoms with van der Waals surface area (Å²) in [5.41, 5.74) is 1.77. The van der Waals surface area contributed by atoms with Crippen molar-refractivity contribution in [2.24, 2.45) is 0 Å². The van der Waals surface area contributed by atoms with Gasteiger partial charge in [0.2, 0.25) is 10.0 Å². The molecule has 1 fully saturated rings. The van der Waals surface area contributed by atoms with E-state index in [1.165, 1.54) is 10.6 Å². The van der Waals surface area contributed by atoms with Crippen LogP contribution in [-0.2, 0) is 16.4 Å². The summed E-state index contributed by atoms with van der Waals surface area (Å²) < 4.78 is 30.6. The van der Waals surface area contributed by atoms with Gasteiger partial charge in [-0.15, -0.1) is 0 Å². The van der Waals surface area contributed by atoms with Crippen molar-refractivity contribution >= 4 is 32.4 Å². The van der Waals surface area contributed by atoms with Crippen LogP contribution in [0.15, 0.2) is 18.3 Å². The van der Waals surface area contributed by atoms with Crippen LogP contribution in [0.2, 0.25) is 5.15 Å². The number of aromatic nitrogens is 1. The number of aliphatic hydroxyl groups excluding tert-OH is 1. The van der Waals surface area contributed by atoms with Crippen LogP contribution < -0.4 is 4.74 Å². The van der Waals surface area contributed by atoms with E-state index in [0.29, 0.717) is 30.4 Å². The van der Waals surface area contributed by atoms with E-state index in [9.17, 15) is 13.5 Å². The first kappa shape index (κ1) is 19.4. The van der Waals surface area contributed by atoms with Crippen LogP contribution in [0, 0.1) is 0 Å². The van der Waals surface area contributed by atoms with E-state index in [0.717, 1.165) is 28.3 Å². The number of benzene rings is 1. The SMILES string of the molecule is CCc1cc([C@@H](O)CC)c2cc(Cl)ncc2c1OC1CN(S(C)(=O)=O)C1. The molecule has 0 unspecified atom stereocenters. The molecule has 0 amide bonds. The molecule has 0 saturated carbocycles. The van der Waals surface area contributed by atoms with Gasteiger partial charge < -0.3 is 9.84 Å². The number of rotatable bonds is 6. The lowest BCUT2D eigenvalue weighted by molar-refractivity contribution is 0.0772. The molecule has 0 radical (unpaired) electrons. The van der Waals surface area contributed by atoms with Gasteiger partial charge in [-0.3, -0.25) is 0 Å². The molecule has 1 aliphatic heterocycles.